The number of nitrogens with one attached hydrogen (secondary N) is 1. The molecule has 0 spiro atoms. The van der Waals surface area contributed by atoms with E-state index in [4.69, 9.17) is 5.26 Å². The van der Waals surface area contributed by atoms with Crippen LogP contribution in [0.1, 0.15) is 5.56 Å². The van der Waals surface area contributed by atoms with E-state index in [2.05, 4.69) is 25.6 Å². The van der Waals surface area contributed by atoms with Crippen molar-refractivity contribution < 1.29 is 12.8 Å². The lowest BCUT2D eigenvalue weighted by Gasteiger charge is -2.09. The fourth-order valence-electron chi connectivity index (χ4n) is 1.48. The number of sulfonamides is 1. The maximum Gasteiger partial charge on any atom is 0.264 e. The second kappa shape index (κ2) is 5.56. The Morgan fingerprint density at radius 3 is 2.70 bits per heavy atom. The lowest BCUT2D eigenvalue weighted by atomic mass is 10.2. The van der Waals surface area contributed by atoms with Crippen molar-refractivity contribution in [1.29, 1.82) is 5.26 Å². The van der Waals surface area contributed by atoms with Gasteiger partial charge in [-0.2, -0.15) is 5.26 Å². The monoisotopic (exact) mass is 355 g/mol. The number of anilines is 1. The van der Waals surface area contributed by atoms with Gasteiger partial charge >= 0.3 is 0 Å². The van der Waals surface area contributed by atoms with Crippen LogP contribution in [-0.4, -0.2) is 13.4 Å². The van der Waals surface area contributed by atoms with Crippen LogP contribution in [0.15, 0.2) is 45.9 Å². The Morgan fingerprint density at radius 2 is 2.05 bits per heavy atom. The molecule has 1 aromatic carbocycles. The molecule has 2 rings (SSSR count). The van der Waals surface area contributed by atoms with E-state index in [1.54, 1.807) is 18.2 Å². The number of nitriles is 1. The molecule has 1 heterocycles. The van der Waals surface area contributed by atoms with E-state index in [1.807, 2.05) is 0 Å². The number of halogens is 2. The van der Waals surface area contributed by atoms with E-state index >= 15 is 0 Å². The Morgan fingerprint density at radius 1 is 1.30 bits per heavy atom. The smallest absolute Gasteiger partial charge is 0.262 e. The van der Waals surface area contributed by atoms with Crippen molar-refractivity contribution in [2.75, 3.05) is 4.72 Å². The summed E-state index contributed by atoms with van der Waals surface area (Å²) in [5.74, 6) is -0.837. The number of hydrogen-bond donors (Lipinski definition) is 1. The number of aromatic nitrogens is 1. The van der Waals surface area contributed by atoms with E-state index < -0.39 is 26.3 Å². The van der Waals surface area contributed by atoms with Crippen molar-refractivity contribution in [3.8, 4) is 6.07 Å². The minimum absolute atomic E-state index is 0.0562. The van der Waals surface area contributed by atoms with Gasteiger partial charge in [0.05, 0.1) is 4.47 Å². The fourth-order valence-corrected chi connectivity index (χ4v) is 3.16. The van der Waals surface area contributed by atoms with E-state index in [9.17, 15) is 12.8 Å². The molecule has 0 amide bonds. The topological polar surface area (TPSA) is 82.8 Å². The summed E-state index contributed by atoms with van der Waals surface area (Å²) in [6.07, 6.45) is 1.40. The molecule has 5 nitrogen and oxygen atoms in total. The van der Waals surface area contributed by atoms with Gasteiger partial charge < -0.3 is 0 Å². The average Bonchev–Trinajstić information content (AvgIpc) is 2.41. The van der Waals surface area contributed by atoms with E-state index in [1.165, 1.54) is 12.3 Å². The molecule has 1 N–H and O–H groups in total. The molecule has 0 unspecified atom stereocenters. The lowest BCUT2D eigenvalue weighted by Crippen LogP contribution is -2.16. The molecule has 0 aliphatic rings. The Bertz CT molecular complexity index is 803. The third-order valence-electron chi connectivity index (χ3n) is 2.37. The first-order valence-corrected chi connectivity index (χ1v) is 7.55. The predicted molar refractivity (Wildman–Crippen MR) is 73.9 cm³/mol. The van der Waals surface area contributed by atoms with E-state index in [0.717, 1.165) is 12.1 Å². The largest absolute Gasteiger partial charge is 0.264 e. The standard InChI is InChI=1S/C12H7BrFN3O2S/c13-9-3-2-6-16-12(9)17-20(18,19)11-5-1-4-10(14)8(11)7-15/h1-6H,(H,16,17). The van der Waals surface area contributed by atoms with Gasteiger partial charge in [0.1, 0.15) is 22.3 Å². The van der Waals surface area contributed by atoms with Crippen LogP contribution in [-0.2, 0) is 10.0 Å². The summed E-state index contributed by atoms with van der Waals surface area (Å²) in [6.45, 7) is 0. The normalized spacial score (nSPS) is 10.8. The van der Waals surface area contributed by atoms with Gasteiger partial charge in [-0.05, 0) is 40.2 Å². The van der Waals surface area contributed by atoms with Crippen molar-refractivity contribution in [3.05, 3.63) is 52.4 Å². The molecule has 0 radical (unpaired) electrons. The van der Waals surface area contributed by atoms with Crippen molar-refractivity contribution in [2.45, 2.75) is 4.90 Å². The highest BCUT2D eigenvalue weighted by molar-refractivity contribution is 9.10. The highest BCUT2D eigenvalue weighted by atomic mass is 79.9. The maximum absolute atomic E-state index is 13.5. The molecule has 0 aliphatic carbocycles. The maximum atomic E-state index is 13.5. The molecule has 0 saturated carbocycles. The van der Waals surface area contributed by atoms with Crippen LogP contribution in [0.25, 0.3) is 0 Å². The van der Waals surface area contributed by atoms with E-state index in [0.29, 0.717) is 4.47 Å². The van der Waals surface area contributed by atoms with Crippen LogP contribution in [0, 0.1) is 17.1 Å². The highest BCUT2D eigenvalue weighted by Crippen LogP contribution is 2.24. The van der Waals surface area contributed by atoms with Crippen LogP contribution < -0.4 is 4.72 Å². The lowest BCUT2D eigenvalue weighted by molar-refractivity contribution is 0.593. The summed E-state index contributed by atoms with van der Waals surface area (Å²) in [5.41, 5.74) is -0.535. The first-order chi connectivity index (χ1) is 9.45. The van der Waals surface area contributed by atoms with Crippen LogP contribution in [0.2, 0.25) is 0 Å². The van der Waals surface area contributed by atoms with Gasteiger partial charge in [0.15, 0.2) is 5.82 Å². The molecular formula is C12H7BrFN3O2S. The number of pyridine rings is 1. The SMILES string of the molecule is N#Cc1c(F)cccc1S(=O)(=O)Nc1ncccc1Br. The number of benzene rings is 1. The van der Waals surface area contributed by atoms with Gasteiger partial charge in [-0.15, -0.1) is 0 Å². The third kappa shape index (κ3) is 2.79. The summed E-state index contributed by atoms with van der Waals surface area (Å²) in [5, 5.41) is 8.88. The Hall–Kier alpha value is -1.98. The number of hydrogen-bond acceptors (Lipinski definition) is 4. The van der Waals surface area contributed by atoms with Gasteiger partial charge in [-0.1, -0.05) is 6.07 Å². The van der Waals surface area contributed by atoms with Crippen molar-refractivity contribution in [3.63, 3.8) is 0 Å². The summed E-state index contributed by atoms with van der Waals surface area (Å²) >= 11 is 3.14. The van der Waals surface area contributed by atoms with Gasteiger partial charge in [-0.25, -0.2) is 17.8 Å². The van der Waals surface area contributed by atoms with Crippen molar-refractivity contribution in [2.24, 2.45) is 0 Å². The number of rotatable bonds is 3. The van der Waals surface area contributed by atoms with Crippen molar-refractivity contribution in [1.82, 2.24) is 4.98 Å². The summed E-state index contributed by atoms with van der Waals surface area (Å²) < 4.78 is 40.5. The molecule has 0 saturated heterocycles. The van der Waals surface area contributed by atoms with Crippen LogP contribution >= 0.6 is 15.9 Å². The van der Waals surface area contributed by atoms with Gasteiger partial charge in [-0.3, -0.25) is 4.72 Å². The number of nitrogens with zero attached hydrogens (tertiary/aromatic N) is 2. The Labute approximate surface area is 123 Å². The molecule has 0 atom stereocenters. The molecule has 2 aromatic rings. The van der Waals surface area contributed by atoms with Crippen LogP contribution in [0.3, 0.4) is 0 Å². The van der Waals surface area contributed by atoms with Gasteiger partial charge in [0.25, 0.3) is 10.0 Å². The minimum Gasteiger partial charge on any atom is -0.262 e. The van der Waals surface area contributed by atoms with Crippen molar-refractivity contribution >= 4 is 31.8 Å². The molecule has 0 aliphatic heterocycles. The summed E-state index contributed by atoms with van der Waals surface area (Å²) in [4.78, 5) is 3.42. The zero-order valence-corrected chi connectivity index (χ0v) is 12.2. The fraction of sp³-hybridized carbons (Fsp3) is 0. The Kier molecular flexibility index (Phi) is 4.01. The summed E-state index contributed by atoms with van der Waals surface area (Å²) in [6, 6.07) is 8.15. The molecule has 20 heavy (non-hydrogen) atoms. The quantitative estimate of drug-likeness (QED) is 0.917. The zero-order valence-electron chi connectivity index (χ0n) is 9.84. The predicted octanol–water partition coefficient (Wildman–Crippen LogP) is 2.66. The Balaban J connectivity index is 2.50. The molecular weight excluding hydrogens is 349 g/mol. The van der Waals surface area contributed by atoms with Crippen LogP contribution in [0.5, 0.6) is 0 Å². The average molecular weight is 356 g/mol. The highest BCUT2D eigenvalue weighted by Gasteiger charge is 2.22. The molecule has 1 aromatic heterocycles. The first-order valence-electron chi connectivity index (χ1n) is 5.27. The molecule has 0 fully saturated rings. The van der Waals surface area contributed by atoms with Crippen LogP contribution in [0.4, 0.5) is 10.2 Å². The third-order valence-corrected chi connectivity index (χ3v) is 4.39. The van der Waals surface area contributed by atoms with Gasteiger partial charge in [0, 0.05) is 6.20 Å². The molecule has 8 heteroatoms. The first kappa shape index (κ1) is 14.4. The van der Waals surface area contributed by atoms with E-state index in [-0.39, 0.29) is 5.82 Å². The second-order valence-corrected chi connectivity index (χ2v) is 6.17. The zero-order chi connectivity index (χ0) is 14.8. The van der Waals surface area contributed by atoms with Gasteiger partial charge in [0.2, 0.25) is 0 Å². The molecule has 102 valence electrons. The molecule has 0 bridgehead atoms. The minimum atomic E-state index is -4.11. The summed E-state index contributed by atoms with van der Waals surface area (Å²) in [7, 11) is -4.11. The second-order valence-electron chi connectivity index (χ2n) is 3.66.